The van der Waals surface area contributed by atoms with Gasteiger partial charge in [-0.2, -0.15) is 0 Å². The van der Waals surface area contributed by atoms with Crippen molar-refractivity contribution in [3.8, 4) is 0 Å². The average Bonchev–Trinajstić information content (AvgIpc) is 2.41. The highest BCUT2D eigenvalue weighted by molar-refractivity contribution is 9.10. The summed E-state index contributed by atoms with van der Waals surface area (Å²) in [6.45, 7) is 4.41. The molecule has 2 aromatic rings. The number of aryl methyl sites for hydroxylation is 2. The van der Waals surface area contributed by atoms with E-state index in [1.807, 2.05) is 38.1 Å². The van der Waals surface area contributed by atoms with Crippen molar-refractivity contribution in [1.82, 2.24) is 0 Å². The summed E-state index contributed by atoms with van der Waals surface area (Å²) in [6.07, 6.45) is 0. The molecule has 0 atom stereocenters. The molecule has 0 aliphatic carbocycles. The van der Waals surface area contributed by atoms with Gasteiger partial charge < -0.3 is 5.32 Å². The summed E-state index contributed by atoms with van der Waals surface area (Å²) in [7, 11) is 0. The summed E-state index contributed by atoms with van der Waals surface area (Å²) in [6, 6.07) is 11.2. The van der Waals surface area contributed by atoms with Crippen LogP contribution < -0.4 is 5.32 Å². The fourth-order valence-corrected chi connectivity index (χ4v) is 2.31. The summed E-state index contributed by atoms with van der Waals surface area (Å²) in [5, 5.41) is 14.2. The molecule has 0 bridgehead atoms. The van der Waals surface area contributed by atoms with Crippen molar-refractivity contribution >= 4 is 27.3 Å². The molecule has 0 saturated heterocycles. The summed E-state index contributed by atoms with van der Waals surface area (Å²) in [4.78, 5) is 10.7. The molecule has 0 unspecified atom stereocenters. The van der Waals surface area contributed by atoms with Gasteiger partial charge in [-0.25, -0.2) is 0 Å². The zero-order valence-corrected chi connectivity index (χ0v) is 12.9. The predicted octanol–water partition coefficient (Wildman–Crippen LogP) is 4.59. The minimum absolute atomic E-state index is 0.108. The first-order chi connectivity index (χ1) is 9.47. The Labute approximate surface area is 126 Å². The molecule has 2 aromatic carbocycles. The molecule has 20 heavy (non-hydrogen) atoms. The molecule has 1 N–H and O–H groups in total. The van der Waals surface area contributed by atoms with Crippen LogP contribution in [0.4, 0.5) is 11.4 Å². The third-order valence-corrected chi connectivity index (χ3v) is 3.92. The van der Waals surface area contributed by atoms with Gasteiger partial charge in [-0.05, 0) is 42.7 Å². The summed E-state index contributed by atoms with van der Waals surface area (Å²) >= 11 is 3.48. The molecule has 0 aliphatic rings. The summed E-state index contributed by atoms with van der Waals surface area (Å²) in [5.41, 5.74) is 3.75. The van der Waals surface area contributed by atoms with Gasteiger partial charge >= 0.3 is 0 Å². The average molecular weight is 335 g/mol. The van der Waals surface area contributed by atoms with Crippen molar-refractivity contribution in [2.75, 3.05) is 5.32 Å². The topological polar surface area (TPSA) is 55.2 Å². The third kappa shape index (κ3) is 3.36. The molecule has 0 saturated carbocycles. The van der Waals surface area contributed by atoms with Crippen LogP contribution >= 0.6 is 15.9 Å². The smallest absolute Gasteiger partial charge is 0.292 e. The zero-order chi connectivity index (χ0) is 14.7. The van der Waals surface area contributed by atoms with E-state index in [-0.39, 0.29) is 10.6 Å². The Hall–Kier alpha value is -1.88. The van der Waals surface area contributed by atoms with Crippen molar-refractivity contribution in [2.45, 2.75) is 20.4 Å². The second kappa shape index (κ2) is 6.05. The molecular formula is C15H15BrN2O2. The van der Waals surface area contributed by atoms with E-state index in [4.69, 9.17) is 0 Å². The predicted molar refractivity (Wildman–Crippen MR) is 84.0 cm³/mol. The van der Waals surface area contributed by atoms with Crippen molar-refractivity contribution in [3.05, 3.63) is 67.7 Å². The first kappa shape index (κ1) is 14.5. The molecule has 0 aromatic heterocycles. The molecule has 2 rings (SSSR count). The standard InChI is InChI=1S/C15H15BrN2O2/c1-10-3-6-14(15(7-10)18(19)20)17-9-12-5-4-11(2)13(16)8-12/h3-8,17H,9H2,1-2H3. The van der Waals surface area contributed by atoms with Gasteiger partial charge in [-0.1, -0.05) is 34.1 Å². The highest BCUT2D eigenvalue weighted by Crippen LogP contribution is 2.26. The zero-order valence-electron chi connectivity index (χ0n) is 11.3. The van der Waals surface area contributed by atoms with E-state index in [2.05, 4.69) is 21.2 Å². The van der Waals surface area contributed by atoms with E-state index in [9.17, 15) is 10.1 Å². The number of nitro benzene ring substituents is 1. The lowest BCUT2D eigenvalue weighted by atomic mass is 10.1. The number of hydrogen-bond donors (Lipinski definition) is 1. The van der Waals surface area contributed by atoms with Gasteiger partial charge in [0, 0.05) is 17.1 Å². The fourth-order valence-electron chi connectivity index (χ4n) is 1.89. The number of hydrogen-bond acceptors (Lipinski definition) is 3. The van der Waals surface area contributed by atoms with Crippen LogP contribution in [-0.4, -0.2) is 4.92 Å². The molecule has 0 aliphatic heterocycles. The summed E-state index contributed by atoms with van der Waals surface area (Å²) < 4.78 is 1.04. The number of anilines is 1. The van der Waals surface area contributed by atoms with Crippen LogP contribution in [0.15, 0.2) is 40.9 Å². The van der Waals surface area contributed by atoms with Gasteiger partial charge in [0.1, 0.15) is 5.69 Å². The lowest BCUT2D eigenvalue weighted by molar-refractivity contribution is -0.384. The Kier molecular flexibility index (Phi) is 4.39. The molecular weight excluding hydrogens is 320 g/mol. The van der Waals surface area contributed by atoms with Gasteiger partial charge in [0.05, 0.1) is 4.92 Å². The maximum atomic E-state index is 11.0. The van der Waals surface area contributed by atoms with Crippen LogP contribution in [0.25, 0.3) is 0 Å². The fraction of sp³-hybridized carbons (Fsp3) is 0.200. The highest BCUT2D eigenvalue weighted by atomic mass is 79.9. The first-order valence-electron chi connectivity index (χ1n) is 6.21. The van der Waals surface area contributed by atoms with Gasteiger partial charge in [0.15, 0.2) is 0 Å². The molecule has 0 heterocycles. The summed E-state index contributed by atoms with van der Waals surface area (Å²) in [5.74, 6) is 0. The van der Waals surface area contributed by atoms with Crippen molar-refractivity contribution < 1.29 is 4.92 Å². The van der Waals surface area contributed by atoms with E-state index in [0.29, 0.717) is 12.2 Å². The number of nitrogens with one attached hydrogen (secondary N) is 1. The molecule has 104 valence electrons. The minimum atomic E-state index is -0.361. The number of halogens is 1. The molecule has 0 spiro atoms. The third-order valence-electron chi connectivity index (χ3n) is 3.07. The molecule has 0 fully saturated rings. The van der Waals surface area contributed by atoms with Gasteiger partial charge in [0.2, 0.25) is 0 Å². The monoisotopic (exact) mass is 334 g/mol. The second-order valence-corrected chi connectivity index (χ2v) is 5.57. The molecule has 0 radical (unpaired) electrons. The molecule has 4 nitrogen and oxygen atoms in total. The molecule has 5 heteroatoms. The van der Waals surface area contributed by atoms with Crippen molar-refractivity contribution in [3.63, 3.8) is 0 Å². The van der Waals surface area contributed by atoms with Crippen molar-refractivity contribution in [2.24, 2.45) is 0 Å². The van der Waals surface area contributed by atoms with E-state index in [1.54, 1.807) is 12.1 Å². The normalized spacial score (nSPS) is 10.3. The Balaban J connectivity index is 2.18. The van der Waals surface area contributed by atoms with Crippen LogP contribution in [0.2, 0.25) is 0 Å². The number of nitro groups is 1. The Morgan fingerprint density at radius 1 is 1.20 bits per heavy atom. The number of benzene rings is 2. The van der Waals surface area contributed by atoms with E-state index in [1.165, 1.54) is 0 Å². The van der Waals surface area contributed by atoms with Crippen LogP contribution in [0, 0.1) is 24.0 Å². The Bertz CT molecular complexity index is 656. The highest BCUT2D eigenvalue weighted by Gasteiger charge is 2.13. The largest absolute Gasteiger partial charge is 0.375 e. The van der Waals surface area contributed by atoms with E-state index >= 15 is 0 Å². The maximum absolute atomic E-state index is 11.0. The Morgan fingerprint density at radius 2 is 1.95 bits per heavy atom. The minimum Gasteiger partial charge on any atom is -0.375 e. The van der Waals surface area contributed by atoms with Gasteiger partial charge in [0.25, 0.3) is 5.69 Å². The first-order valence-corrected chi connectivity index (χ1v) is 7.00. The van der Waals surface area contributed by atoms with Gasteiger partial charge in [-0.15, -0.1) is 0 Å². The SMILES string of the molecule is Cc1ccc(NCc2ccc(C)c(Br)c2)c([N+](=O)[O-])c1. The second-order valence-electron chi connectivity index (χ2n) is 4.71. The quantitative estimate of drug-likeness (QED) is 0.657. The van der Waals surface area contributed by atoms with Crippen LogP contribution in [-0.2, 0) is 6.54 Å². The van der Waals surface area contributed by atoms with Crippen LogP contribution in [0.5, 0.6) is 0 Å². The van der Waals surface area contributed by atoms with Crippen molar-refractivity contribution in [1.29, 1.82) is 0 Å². The van der Waals surface area contributed by atoms with Gasteiger partial charge in [-0.3, -0.25) is 10.1 Å². The number of nitrogens with zero attached hydrogens (tertiary/aromatic N) is 1. The molecule has 0 amide bonds. The number of rotatable bonds is 4. The van der Waals surface area contributed by atoms with E-state index in [0.717, 1.165) is 21.2 Å². The van der Waals surface area contributed by atoms with Crippen LogP contribution in [0.1, 0.15) is 16.7 Å². The lowest BCUT2D eigenvalue weighted by Gasteiger charge is -2.09. The maximum Gasteiger partial charge on any atom is 0.292 e. The van der Waals surface area contributed by atoms with Crippen LogP contribution in [0.3, 0.4) is 0 Å². The Morgan fingerprint density at radius 3 is 2.60 bits per heavy atom. The lowest BCUT2D eigenvalue weighted by Crippen LogP contribution is -2.03. The van der Waals surface area contributed by atoms with E-state index < -0.39 is 0 Å².